The second kappa shape index (κ2) is 3.78. The van der Waals surface area contributed by atoms with Crippen LogP contribution in [0, 0.1) is 0 Å². The predicted octanol–water partition coefficient (Wildman–Crippen LogP) is 0.766. The van der Waals surface area contributed by atoms with Crippen molar-refractivity contribution in [1.29, 1.82) is 0 Å². The summed E-state index contributed by atoms with van der Waals surface area (Å²) in [7, 11) is 0. The molecule has 0 aliphatic rings. The van der Waals surface area contributed by atoms with Gasteiger partial charge in [0.1, 0.15) is 0 Å². The van der Waals surface area contributed by atoms with Crippen molar-refractivity contribution in [1.82, 2.24) is 4.98 Å². The van der Waals surface area contributed by atoms with E-state index in [4.69, 9.17) is 10.6 Å². The van der Waals surface area contributed by atoms with Gasteiger partial charge in [0.2, 0.25) is 5.88 Å². The number of ether oxygens (including phenoxy) is 1. The minimum absolute atomic E-state index is 0.617. The van der Waals surface area contributed by atoms with Crippen LogP contribution in [0.15, 0.2) is 18.3 Å². The number of nitrogens with one attached hydrogen (secondary N) is 1. The second-order valence-corrected chi connectivity index (χ2v) is 1.96. The highest BCUT2D eigenvalue weighted by Gasteiger charge is 1.92. The summed E-state index contributed by atoms with van der Waals surface area (Å²) in [4.78, 5) is 3.97. The Hall–Kier alpha value is -1.29. The second-order valence-electron chi connectivity index (χ2n) is 1.96. The van der Waals surface area contributed by atoms with Gasteiger partial charge in [-0.15, -0.1) is 0 Å². The van der Waals surface area contributed by atoms with E-state index in [0.717, 1.165) is 5.69 Å². The fraction of sp³-hybridized carbons (Fsp3) is 0.286. The van der Waals surface area contributed by atoms with Crippen LogP contribution in [0.2, 0.25) is 0 Å². The summed E-state index contributed by atoms with van der Waals surface area (Å²) >= 11 is 0. The maximum Gasteiger partial charge on any atom is 0.213 e. The summed E-state index contributed by atoms with van der Waals surface area (Å²) in [5, 5.41) is 0. The number of hydrazine groups is 1. The molecule has 1 aromatic rings. The summed E-state index contributed by atoms with van der Waals surface area (Å²) in [5.41, 5.74) is 3.25. The zero-order chi connectivity index (χ0) is 8.10. The minimum Gasteiger partial charge on any atom is -0.478 e. The number of hydrogen-bond acceptors (Lipinski definition) is 4. The molecule has 3 N–H and O–H groups in total. The number of nitrogens with zero attached hydrogens (tertiary/aromatic N) is 1. The maximum absolute atomic E-state index is 5.14. The third-order valence-electron chi connectivity index (χ3n) is 1.20. The molecule has 1 aromatic heterocycles. The molecule has 1 heterocycles. The van der Waals surface area contributed by atoms with Crippen LogP contribution in [-0.4, -0.2) is 11.6 Å². The van der Waals surface area contributed by atoms with E-state index < -0.39 is 0 Å². The normalized spacial score (nSPS) is 9.27. The lowest BCUT2D eigenvalue weighted by Crippen LogP contribution is -2.06. The fourth-order valence-electron chi connectivity index (χ4n) is 0.699. The van der Waals surface area contributed by atoms with Crippen molar-refractivity contribution in [3.05, 3.63) is 18.3 Å². The number of rotatable bonds is 3. The van der Waals surface area contributed by atoms with Crippen molar-refractivity contribution in [2.24, 2.45) is 5.84 Å². The van der Waals surface area contributed by atoms with Crippen molar-refractivity contribution < 1.29 is 4.74 Å². The lowest BCUT2D eigenvalue weighted by atomic mass is 10.4. The molecule has 0 spiro atoms. The van der Waals surface area contributed by atoms with Crippen LogP contribution in [0.25, 0.3) is 0 Å². The van der Waals surface area contributed by atoms with Crippen molar-refractivity contribution in [3.63, 3.8) is 0 Å². The third kappa shape index (κ3) is 2.09. The van der Waals surface area contributed by atoms with Gasteiger partial charge in [-0.05, 0) is 13.0 Å². The van der Waals surface area contributed by atoms with Crippen molar-refractivity contribution in [2.45, 2.75) is 6.92 Å². The van der Waals surface area contributed by atoms with E-state index >= 15 is 0 Å². The van der Waals surface area contributed by atoms with E-state index in [2.05, 4.69) is 10.4 Å². The molecule has 4 heteroatoms. The summed E-state index contributed by atoms with van der Waals surface area (Å²) in [6, 6.07) is 3.57. The third-order valence-corrected chi connectivity index (χ3v) is 1.20. The molecule has 11 heavy (non-hydrogen) atoms. The molecular formula is C7H11N3O. The first-order chi connectivity index (χ1) is 5.36. The molecule has 1 rings (SSSR count). The van der Waals surface area contributed by atoms with Crippen molar-refractivity contribution >= 4 is 5.69 Å². The van der Waals surface area contributed by atoms with Crippen molar-refractivity contribution in [3.8, 4) is 5.88 Å². The van der Waals surface area contributed by atoms with E-state index in [1.807, 2.05) is 6.92 Å². The monoisotopic (exact) mass is 153 g/mol. The number of nitrogen functional groups attached to an aromatic ring is 1. The Morgan fingerprint density at radius 2 is 2.45 bits per heavy atom. The summed E-state index contributed by atoms with van der Waals surface area (Å²) in [6.45, 7) is 2.54. The first kappa shape index (κ1) is 7.81. The Balaban J connectivity index is 2.66. The Labute approximate surface area is 65.4 Å². The maximum atomic E-state index is 5.14. The fourth-order valence-corrected chi connectivity index (χ4v) is 0.699. The van der Waals surface area contributed by atoms with Gasteiger partial charge in [0.15, 0.2) is 0 Å². The Bertz CT molecular complexity index is 209. The molecule has 60 valence electrons. The van der Waals surface area contributed by atoms with Gasteiger partial charge >= 0.3 is 0 Å². The minimum atomic E-state index is 0.617. The van der Waals surface area contributed by atoms with Gasteiger partial charge in [-0.3, -0.25) is 5.84 Å². The number of aromatic nitrogens is 1. The van der Waals surface area contributed by atoms with Crippen LogP contribution < -0.4 is 16.0 Å². The molecule has 0 unspecified atom stereocenters. The quantitative estimate of drug-likeness (QED) is 0.497. The molecule has 0 radical (unpaired) electrons. The summed E-state index contributed by atoms with van der Waals surface area (Å²) in [5.74, 6) is 5.76. The molecular weight excluding hydrogens is 142 g/mol. The van der Waals surface area contributed by atoms with Crippen LogP contribution >= 0.6 is 0 Å². The van der Waals surface area contributed by atoms with Gasteiger partial charge in [-0.25, -0.2) is 4.98 Å². The predicted molar refractivity (Wildman–Crippen MR) is 43.2 cm³/mol. The first-order valence-electron chi connectivity index (χ1n) is 3.42. The lowest BCUT2D eigenvalue weighted by molar-refractivity contribution is 0.327. The van der Waals surface area contributed by atoms with Gasteiger partial charge in [-0.1, -0.05) is 0 Å². The highest BCUT2D eigenvalue weighted by molar-refractivity contribution is 5.40. The van der Waals surface area contributed by atoms with E-state index in [1.165, 1.54) is 0 Å². The number of hydrogen-bond donors (Lipinski definition) is 2. The van der Waals surface area contributed by atoms with Gasteiger partial charge in [0.05, 0.1) is 18.5 Å². The average molecular weight is 153 g/mol. The first-order valence-corrected chi connectivity index (χ1v) is 3.42. The van der Waals surface area contributed by atoms with Gasteiger partial charge < -0.3 is 10.2 Å². The molecule has 0 amide bonds. The van der Waals surface area contributed by atoms with Crippen molar-refractivity contribution in [2.75, 3.05) is 12.0 Å². The van der Waals surface area contributed by atoms with E-state index in [-0.39, 0.29) is 0 Å². The largest absolute Gasteiger partial charge is 0.478 e. The van der Waals surface area contributed by atoms with Crippen LogP contribution in [-0.2, 0) is 0 Å². The summed E-state index contributed by atoms with van der Waals surface area (Å²) < 4.78 is 5.13. The lowest BCUT2D eigenvalue weighted by Gasteiger charge is -2.02. The number of anilines is 1. The topological polar surface area (TPSA) is 60.2 Å². The van der Waals surface area contributed by atoms with Gasteiger partial charge in [0.25, 0.3) is 0 Å². The smallest absolute Gasteiger partial charge is 0.213 e. The Morgan fingerprint density at radius 3 is 2.91 bits per heavy atom. The van der Waals surface area contributed by atoms with Crippen LogP contribution in [0.4, 0.5) is 5.69 Å². The molecule has 4 nitrogen and oxygen atoms in total. The molecule has 0 aromatic carbocycles. The average Bonchev–Trinajstić information content (AvgIpc) is 2.07. The Morgan fingerprint density at radius 1 is 1.64 bits per heavy atom. The highest BCUT2D eigenvalue weighted by Crippen LogP contribution is 2.09. The molecule has 0 saturated carbocycles. The molecule has 0 aliphatic carbocycles. The summed E-state index contributed by atoms with van der Waals surface area (Å²) in [6.07, 6.45) is 1.62. The zero-order valence-corrected chi connectivity index (χ0v) is 6.37. The standard InChI is InChI=1S/C7H11N3O/c1-2-11-7-4-3-6(10-8)5-9-7/h3-5,10H,2,8H2,1H3. The number of pyridine rings is 1. The van der Waals surface area contributed by atoms with Gasteiger partial charge in [0, 0.05) is 6.07 Å². The molecule has 0 saturated heterocycles. The molecule has 0 aliphatic heterocycles. The highest BCUT2D eigenvalue weighted by atomic mass is 16.5. The molecule has 0 bridgehead atoms. The zero-order valence-electron chi connectivity index (χ0n) is 6.37. The van der Waals surface area contributed by atoms with Crippen LogP contribution in [0.3, 0.4) is 0 Å². The number of nitrogens with two attached hydrogens (primary N) is 1. The molecule has 0 atom stereocenters. The van der Waals surface area contributed by atoms with E-state index in [9.17, 15) is 0 Å². The van der Waals surface area contributed by atoms with Gasteiger partial charge in [-0.2, -0.15) is 0 Å². The SMILES string of the molecule is CCOc1ccc(NN)cn1. The molecule has 0 fully saturated rings. The van der Waals surface area contributed by atoms with Crippen LogP contribution in [0.1, 0.15) is 6.92 Å². The van der Waals surface area contributed by atoms with E-state index in [0.29, 0.717) is 12.5 Å². The van der Waals surface area contributed by atoms with Crippen LogP contribution in [0.5, 0.6) is 5.88 Å². The van der Waals surface area contributed by atoms with E-state index in [1.54, 1.807) is 18.3 Å². The Kier molecular flexibility index (Phi) is 2.68.